The Bertz CT molecular complexity index is 890. The molecule has 6 heteroatoms. The van der Waals surface area contributed by atoms with Crippen LogP contribution in [0.15, 0.2) is 36.4 Å². The fourth-order valence-corrected chi connectivity index (χ4v) is 4.28. The van der Waals surface area contributed by atoms with E-state index in [1.807, 2.05) is 12.1 Å². The normalized spacial score (nSPS) is 17.9. The molecule has 0 radical (unpaired) electrons. The highest BCUT2D eigenvalue weighted by Gasteiger charge is 2.42. The van der Waals surface area contributed by atoms with Gasteiger partial charge in [0.15, 0.2) is 11.5 Å². The Kier molecular flexibility index (Phi) is 4.98. The number of nitrogens with zero attached hydrogens (tertiary/aromatic N) is 1. The fraction of sp³-hybridized carbons (Fsp3) is 0.409. The molecule has 5 nitrogen and oxygen atoms in total. The van der Waals surface area contributed by atoms with Crippen LogP contribution in [-0.4, -0.2) is 44.7 Å². The van der Waals surface area contributed by atoms with Gasteiger partial charge in [0.25, 0.3) is 5.91 Å². The molecule has 0 N–H and O–H groups in total. The van der Waals surface area contributed by atoms with Crippen molar-refractivity contribution in [2.75, 3.05) is 33.9 Å². The summed E-state index contributed by atoms with van der Waals surface area (Å²) in [7, 11) is 3.25. The lowest BCUT2D eigenvalue weighted by Crippen LogP contribution is -2.48. The number of carbonyl (C=O) groups excluding carboxylic acids is 1. The lowest BCUT2D eigenvalue weighted by molar-refractivity contribution is -0.0936. The third-order valence-corrected chi connectivity index (χ3v) is 5.81. The number of piperidine rings is 1. The van der Waals surface area contributed by atoms with E-state index in [0.717, 1.165) is 12.0 Å². The smallest absolute Gasteiger partial charge is 0.256 e. The summed E-state index contributed by atoms with van der Waals surface area (Å²) in [5.41, 5.74) is 1.97. The number of fused-ring (bicyclic) bond motifs is 2. The van der Waals surface area contributed by atoms with Crippen LogP contribution < -0.4 is 9.47 Å². The highest BCUT2D eigenvalue weighted by Crippen LogP contribution is 2.45. The van der Waals surface area contributed by atoms with Crippen LogP contribution in [0.2, 0.25) is 0 Å². The standard InChI is InChI=1S/C22H24FNO4/c1-26-19-13-15-7-12-28-22(17(15)14-20(19)27-2)8-10-24(11-9-22)21(25)16-5-3-4-6-18(16)23/h3-6,13-14H,7-12H2,1-2H3. The van der Waals surface area contributed by atoms with Crippen LogP contribution in [0.3, 0.4) is 0 Å². The molecule has 1 fully saturated rings. The number of ether oxygens (including phenoxy) is 3. The van der Waals surface area contributed by atoms with Crippen molar-refractivity contribution < 1.29 is 23.4 Å². The van der Waals surface area contributed by atoms with Crippen LogP contribution in [-0.2, 0) is 16.8 Å². The molecule has 2 aliphatic heterocycles. The molecule has 2 aromatic rings. The van der Waals surface area contributed by atoms with Gasteiger partial charge in [0.1, 0.15) is 5.82 Å². The van der Waals surface area contributed by atoms with Crippen molar-refractivity contribution >= 4 is 5.91 Å². The van der Waals surface area contributed by atoms with Gasteiger partial charge in [0.2, 0.25) is 0 Å². The summed E-state index contributed by atoms with van der Waals surface area (Å²) >= 11 is 0. The Balaban J connectivity index is 1.58. The van der Waals surface area contributed by atoms with Gasteiger partial charge < -0.3 is 19.1 Å². The third-order valence-electron chi connectivity index (χ3n) is 5.81. The van der Waals surface area contributed by atoms with Crippen molar-refractivity contribution in [3.63, 3.8) is 0 Å². The van der Waals surface area contributed by atoms with E-state index >= 15 is 0 Å². The molecule has 1 amide bonds. The van der Waals surface area contributed by atoms with Crippen molar-refractivity contribution in [1.29, 1.82) is 0 Å². The fourth-order valence-electron chi connectivity index (χ4n) is 4.28. The average Bonchev–Trinajstić information content (AvgIpc) is 2.73. The molecule has 148 valence electrons. The quantitative estimate of drug-likeness (QED) is 0.811. The molecule has 2 heterocycles. The zero-order valence-corrected chi connectivity index (χ0v) is 16.2. The van der Waals surface area contributed by atoms with E-state index in [0.29, 0.717) is 44.0 Å². The van der Waals surface area contributed by atoms with Crippen molar-refractivity contribution in [3.05, 3.63) is 58.9 Å². The number of amides is 1. The second-order valence-electron chi connectivity index (χ2n) is 7.23. The second-order valence-corrected chi connectivity index (χ2v) is 7.23. The van der Waals surface area contributed by atoms with Gasteiger partial charge in [-0.1, -0.05) is 12.1 Å². The average molecular weight is 385 g/mol. The summed E-state index contributed by atoms with van der Waals surface area (Å²) in [6.07, 6.45) is 2.14. The molecule has 2 aliphatic rings. The Hall–Kier alpha value is -2.60. The minimum atomic E-state index is -0.483. The molecular formula is C22H24FNO4. The zero-order chi connectivity index (χ0) is 19.7. The van der Waals surface area contributed by atoms with Crippen molar-refractivity contribution in [2.24, 2.45) is 0 Å². The highest BCUT2D eigenvalue weighted by molar-refractivity contribution is 5.94. The Morgan fingerprint density at radius 1 is 1.11 bits per heavy atom. The van der Waals surface area contributed by atoms with Crippen LogP contribution in [0, 0.1) is 5.82 Å². The van der Waals surface area contributed by atoms with Gasteiger partial charge in [-0.25, -0.2) is 4.39 Å². The highest BCUT2D eigenvalue weighted by atomic mass is 19.1. The summed E-state index contributed by atoms with van der Waals surface area (Å²) in [5.74, 6) is 0.640. The number of carbonyl (C=O) groups is 1. The molecule has 28 heavy (non-hydrogen) atoms. The van der Waals surface area contributed by atoms with Crippen LogP contribution in [0.5, 0.6) is 11.5 Å². The van der Waals surface area contributed by atoms with Crippen molar-refractivity contribution in [1.82, 2.24) is 4.90 Å². The molecule has 0 bridgehead atoms. The summed E-state index contributed by atoms with van der Waals surface area (Å²) in [6.45, 7) is 1.66. The van der Waals surface area contributed by atoms with Crippen molar-refractivity contribution in [2.45, 2.75) is 24.9 Å². The van der Waals surface area contributed by atoms with Crippen LogP contribution in [0.1, 0.15) is 34.3 Å². The van der Waals surface area contributed by atoms with Crippen molar-refractivity contribution in [3.8, 4) is 11.5 Å². The summed E-state index contributed by atoms with van der Waals surface area (Å²) < 4.78 is 31.2. The van der Waals surface area contributed by atoms with Gasteiger partial charge in [-0.05, 0) is 54.7 Å². The molecule has 1 spiro atoms. The molecule has 0 atom stereocenters. The minimum Gasteiger partial charge on any atom is -0.493 e. The first-order chi connectivity index (χ1) is 13.6. The Labute approximate surface area is 164 Å². The number of likely N-dealkylation sites (tertiary alicyclic amines) is 1. The lowest BCUT2D eigenvalue weighted by Gasteiger charge is -2.45. The van der Waals surface area contributed by atoms with Gasteiger partial charge in [-0.2, -0.15) is 0 Å². The predicted molar refractivity (Wildman–Crippen MR) is 102 cm³/mol. The first kappa shape index (κ1) is 18.7. The number of hydrogen-bond acceptors (Lipinski definition) is 4. The summed E-state index contributed by atoms with van der Waals surface area (Å²) in [6, 6.07) is 10.1. The predicted octanol–water partition coefficient (Wildman–Crippen LogP) is 3.55. The van der Waals surface area contributed by atoms with Gasteiger partial charge in [0.05, 0.1) is 32.0 Å². The molecular weight excluding hydrogens is 361 g/mol. The van der Waals surface area contributed by atoms with Crippen LogP contribution in [0.25, 0.3) is 0 Å². The molecule has 2 aromatic carbocycles. The number of methoxy groups -OCH3 is 2. The van der Waals surface area contributed by atoms with E-state index in [9.17, 15) is 9.18 Å². The Morgan fingerprint density at radius 2 is 1.79 bits per heavy atom. The number of rotatable bonds is 3. The first-order valence-electron chi connectivity index (χ1n) is 9.51. The Morgan fingerprint density at radius 3 is 2.46 bits per heavy atom. The van der Waals surface area contributed by atoms with E-state index in [1.54, 1.807) is 31.3 Å². The van der Waals surface area contributed by atoms with Crippen LogP contribution >= 0.6 is 0 Å². The largest absolute Gasteiger partial charge is 0.493 e. The van der Waals surface area contributed by atoms with E-state index in [1.165, 1.54) is 17.7 Å². The summed E-state index contributed by atoms with van der Waals surface area (Å²) in [4.78, 5) is 14.4. The van der Waals surface area contributed by atoms with E-state index in [2.05, 4.69) is 0 Å². The van der Waals surface area contributed by atoms with Gasteiger partial charge in [-0.3, -0.25) is 4.79 Å². The second kappa shape index (κ2) is 7.43. The maximum Gasteiger partial charge on any atom is 0.256 e. The number of benzene rings is 2. The minimum absolute atomic E-state index is 0.120. The SMILES string of the molecule is COc1cc2c(cc1OC)C1(CCN(C(=O)c3ccccc3F)CC1)OCC2. The van der Waals surface area contributed by atoms with E-state index < -0.39 is 11.4 Å². The molecule has 4 rings (SSSR count). The first-order valence-corrected chi connectivity index (χ1v) is 9.51. The maximum absolute atomic E-state index is 14.0. The molecule has 0 unspecified atom stereocenters. The van der Waals surface area contributed by atoms with Gasteiger partial charge in [-0.15, -0.1) is 0 Å². The third kappa shape index (κ3) is 3.11. The zero-order valence-electron chi connectivity index (χ0n) is 16.2. The lowest BCUT2D eigenvalue weighted by atomic mass is 9.79. The number of halogens is 1. The van der Waals surface area contributed by atoms with Crippen LogP contribution in [0.4, 0.5) is 4.39 Å². The van der Waals surface area contributed by atoms with E-state index in [-0.39, 0.29) is 11.5 Å². The monoisotopic (exact) mass is 385 g/mol. The molecule has 1 saturated heterocycles. The number of hydrogen-bond donors (Lipinski definition) is 0. The van der Waals surface area contributed by atoms with Gasteiger partial charge in [0, 0.05) is 13.1 Å². The summed E-state index contributed by atoms with van der Waals surface area (Å²) in [5, 5.41) is 0. The topological polar surface area (TPSA) is 48.0 Å². The van der Waals surface area contributed by atoms with Gasteiger partial charge >= 0.3 is 0 Å². The molecule has 0 aromatic heterocycles. The maximum atomic E-state index is 14.0. The molecule has 0 saturated carbocycles. The van der Waals surface area contributed by atoms with E-state index in [4.69, 9.17) is 14.2 Å². The molecule has 0 aliphatic carbocycles.